The number of hydrogen-bond acceptors (Lipinski definition) is 1. The highest BCUT2D eigenvalue weighted by Crippen LogP contribution is 2.20. The Morgan fingerprint density at radius 3 is 1.36 bits per heavy atom. The summed E-state index contributed by atoms with van der Waals surface area (Å²) in [6.45, 7) is 5.87. The predicted molar refractivity (Wildman–Crippen MR) is 153 cm³/mol. The normalized spacial score (nSPS) is 13.1. The molecule has 0 aromatic carbocycles. The second-order valence-corrected chi connectivity index (χ2v) is 10.8. The van der Waals surface area contributed by atoms with Crippen LogP contribution in [-0.2, 0) is 0 Å². The third-order valence-electron chi connectivity index (χ3n) is 6.90. The maximum atomic E-state index is 2.41. The number of allylic oxidation sites excluding steroid dienone is 4. The van der Waals surface area contributed by atoms with Crippen molar-refractivity contribution in [1.29, 1.82) is 0 Å². The van der Waals surface area contributed by atoms with Gasteiger partial charge in [-0.25, -0.2) is 0 Å². The van der Waals surface area contributed by atoms with Gasteiger partial charge in [-0.3, -0.25) is 0 Å². The van der Waals surface area contributed by atoms with Gasteiger partial charge in [-0.2, -0.15) is 0 Å². The molecule has 33 heavy (non-hydrogen) atoms. The molecule has 0 N–H and O–H groups in total. The molecule has 0 aliphatic rings. The lowest BCUT2D eigenvalue weighted by Crippen LogP contribution is -2.21. The highest BCUT2D eigenvalue weighted by Gasteiger charge is 2.09. The van der Waals surface area contributed by atoms with Gasteiger partial charge in [0.2, 0.25) is 0 Å². The molecule has 1 nitrogen and oxygen atoms in total. The maximum Gasteiger partial charge on any atom is 0.000356 e. The molecule has 1 unspecified atom stereocenters. The van der Waals surface area contributed by atoms with Crippen molar-refractivity contribution in [3.05, 3.63) is 24.3 Å². The van der Waals surface area contributed by atoms with Crippen LogP contribution < -0.4 is 0 Å². The number of unbranched alkanes of at least 4 members (excludes halogenated alkanes) is 16. The van der Waals surface area contributed by atoms with Crippen molar-refractivity contribution < 1.29 is 0 Å². The van der Waals surface area contributed by atoms with E-state index < -0.39 is 0 Å². The van der Waals surface area contributed by atoms with Gasteiger partial charge in [0.05, 0.1) is 0 Å². The molecular formula is C32H63N. The third-order valence-corrected chi connectivity index (χ3v) is 6.90. The smallest absolute Gasteiger partial charge is 0.000356 e. The van der Waals surface area contributed by atoms with Gasteiger partial charge < -0.3 is 4.90 Å². The van der Waals surface area contributed by atoms with Crippen LogP contribution in [-0.4, -0.2) is 25.5 Å². The van der Waals surface area contributed by atoms with Crippen molar-refractivity contribution in [2.75, 3.05) is 20.6 Å². The molecule has 0 heterocycles. The minimum Gasteiger partial charge on any atom is -0.309 e. The first-order valence-electron chi connectivity index (χ1n) is 15.1. The fourth-order valence-electron chi connectivity index (χ4n) is 4.83. The van der Waals surface area contributed by atoms with Crippen molar-refractivity contribution in [3.8, 4) is 0 Å². The second kappa shape index (κ2) is 27.7. The molecular weight excluding hydrogens is 398 g/mol. The summed E-state index contributed by atoms with van der Waals surface area (Å²) in [6.07, 6.45) is 40.1. The van der Waals surface area contributed by atoms with Crippen LogP contribution in [0.4, 0.5) is 0 Å². The minimum atomic E-state index is 0.925. The quantitative estimate of drug-likeness (QED) is 0.0914. The summed E-state index contributed by atoms with van der Waals surface area (Å²) in [4.78, 5) is 2.41. The van der Waals surface area contributed by atoms with Gasteiger partial charge in [-0.1, -0.05) is 134 Å². The third kappa shape index (κ3) is 27.6. The zero-order valence-electron chi connectivity index (χ0n) is 23.6. The molecule has 1 atom stereocenters. The molecule has 196 valence electrons. The van der Waals surface area contributed by atoms with E-state index in [0.29, 0.717) is 0 Å². The summed E-state index contributed by atoms with van der Waals surface area (Å²) in [5.74, 6) is 0.925. The molecule has 0 aromatic heterocycles. The van der Waals surface area contributed by atoms with Crippen LogP contribution >= 0.6 is 0 Å². The molecule has 0 aliphatic carbocycles. The van der Waals surface area contributed by atoms with Gasteiger partial charge in [-0.05, 0) is 65.0 Å². The van der Waals surface area contributed by atoms with E-state index in [1.807, 2.05) is 0 Å². The maximum absolute atomic E-state index is 2.41. The van der Waals surface area contributed by atoms with Crippen molar-refractivity contribution in [1.82, 2.24) is 4.90 Å². The summed E-state index contributed by atoms with van der Waals surface area (Å²) in [7, 11) is 4.50. The van der Waals surface area contributed by atoms with Crippen LogP contribution in [0.2, 0.25) is 0 Å². The SMILES string of the molecule is CCCCCC=CC/C=C\CCCCCCCCCC(CCCCCCCCC)CN(C)C. The lowest BCUT2D eigenvalue weighted by Gasteiger charge is -2.21. The summed E-state index contributed by atoms with van der Waals surface area (Å²) in [5, 5.41) is 0. The topological polar surface area (TPSA) is 3.24 Å². The average molecular weight is 462 g/mol. The molecule has 0 saturated heterocycles. The first kappa shape index (κ1) is 32.4. The van der Waals surface area contributed by atoms with Crippen molar-refractivity contribution in [2.45, 2.75) is 155 Å². The Balaban J connectivity index is 3.54. The molecule has 0 saturated carbocycles. The standard InChI is InChI=1S/C32H63N/c1-5-7-9-11-13-14-15-16-17-18-19-20-21-22-24-26-28-30-32(31-33(3)4)29-27-25-23-12-10-8-6-2/h13-14,16-17,32H,5-12,15,18-31H2,1-4H3/b14-13?,17-16-. The molecule has 0 bridgehead atoms. The number of hydrogen-bond donors (Lipinski definition) is 0. The van der Waals surface area contributed by atoms with Crippen LogP contribution in [0.15, 0.2) is 24.3 Å². The van der Waals surface area contributed by atoms with E-state index in [-0.39, 0.29) is 0 Å². The fraction of sp³-hybridized carbons (Fsp3) is 0.875. The van der Waals surface area contributed by atoms with Gasteiger partial charge in [0, 0.05) is 6.54 Å². The van der Waals surface area contributed by atoms with Crippen LogP contribution in [0.3, 0.4) is 0 Å². The van der Waals surface area contributed by atoms with E-state index in [4.69, 9.17) is 0 Å². The Morgan fingerprint density at radius 2 is 0.879 bits per heavy atom. The van der Waals surface area contributed by atoms with E-state index in [9.17, 15) is 0 Å². The Hall–Kier alpha value is -0.560. The first-order chi connectivity index (χ1) is 16.2. The Bertz CT molecular complexity index is 409. The van der Waals surface area contributed by atoms with Gasteiger partial charge in [-0.15, -0.1) is 0 Å². The summed E-state index contributed by atoms with van der Waals surface area (Å²) >= 11 is 0. The summed E-state index contributed by atoms with van der Waals surface area (Å²) in [6, 6.07) is 0. The predicted octanol–water partition coefficient (Wildman–Crippen LogP) is 10.9. The van der Waals surface area contributed by atoms with Crippen LogP contribution in [0.1, 0.15) is 155 Å². The first-order valence-corrected chi connectivity index (χ1v) is 15.1. The molecule has 0 rings (SSSR count). The van der Waals surface area contributed by atoms with Crippen molar-refractivity contribution in [2.24, 2.45) is 5.92 Å². The molecule has 0 radical (unpaired) electrons. The van der Waals surface area contributed by atoms with Gasteiger partial charge in [0.15, 0.2) is 0 Å². The summed E-state index contributed by atoms with van der Waals surface area (Å²) in [5.41, 5.74) is 0. The fourth-order valence-corrected chi connectivity index (χ4v) is 4.83. The van der Waals surface area contributed by atoms with E-state index in [0.717, 1.165) is 12.3 Å². The molecule has 0 amide bonds. The van der Waals surface area contributed by atoms with E-state index in [1.54, 1.807) is 0 Å². The largest absolute Gasteiger partial charge is 0.309 e. The van der Waals surface area contributed by atoms with Crippen LogP contribution in [0.25, 0.3) is 0 Å². The highest BCUT2D eigenvalue weighted by molar-refractivity contribution is 4.92. The second-order valence-electron chi connectivity index (χ2n) is 10.8. The minimum absolute atomic E-state index is 0.925. The Labute approximate surface area is 210 Å². The lowest BCUT2D eigenvalue weighted by atomic mass is 9.93. The van der Waals surface area contributed by atoms with Crippen molar-refractivity contribution >= 4 is 0 Å². The number of rotatable bonds is 26. The molecule has 1 heteroatoms. The van der Waals surface area contributed by atoms with Gasteiger partial charge >= 0.3 is 0 Å². The van der Waals surface area contributed by atoms with E-state index >= 15 is 0 Å². The van der Waals surface area contributed by atoms with Crippen molar-refractivity contribution in [3.63, 3.8) is 0 Å². The monoisotopic (exact) mass is 461 g/mol. The van der Waals surface area contributed by atoms with E-state index in [1.165, 1.54) is 141 Å². The Kier molecular flexibility index (Phi) is 27.2. The summed E-state index contributed by atoms with van der Waals surface area (Å²) < 4.78 is 0. The molecule has 0 fully saturated rings. The zero-order valence-corrected chi connectivity index (χ0v) is 23.6. The van der Waals surface area contributed by atoms with Crippen LogP contribution in [0.5, 0.6) is 0 Å². The molecule has 0 aromatic rings. The van der Waals surface area contributed by atoms with Crippen LogP contribution in [0, 0.1) is 5.92 Å². The lowest BCUT2D eigenvalue weighted by molar-refractivity contribution is 0.286. The zero-order chi connectivity index (χ0) is 24.2. The van der Waals surface area contributed by atoms with E-state index in [2.05, 4.69) is 57.1 Å². The van der Waals surface area contributed by atoms with Gasteiger partial charge in [0.1, 0.15) is 0 Å². The number of nitrogens with zero attached hydrogens (tertiary/aromatic N) is 1. The highest BCUT2D eigenvalue weighted by atomic mass is 15.1. The van der Waals surface area contributed by atoms with Gasteiger partial charge in [0.25, 0.3) is 0 Å². The molecule has 0 aliphatic heterocycles. The Morgan fingerprint density at radius 1 is 0.485 bits per heavy atom. The average Bonchev–Trinajstić information content (AvgIpc) is 2.80. The molecule has 0 spiro atoms.